The first-order chi connectivity index (χ1) is 8.74. The number of piperazine rings is 1. The lowest BCUT2D eigenvalue weighted by Gasteiger charge is -2.32. The molecule has 0 spiro atoms. The van der Waals surface area contributed by atoms with Crippen LogP contribution in [0.2, 0.25) is 0 Å². The molecular formula is C11H16N4O3. The fraction of sp³-hybridized carbons (Fsp3) is 0.727. The summed E-state index contributed by atoms with van der Waals surface area (Å²) in [5.41, 5.74) is 0. The van der Waals surface area contributed by atoms with Crippen LogP contribution >= 0.6 is 0 Å². The van der Waals surface area contributed by atoms with Crippen molar-refractivity contribution >= 4 is 5.97 Å². The van der Waals surface area contributed by atoms with Gasteiger partial charge < -0.3 is 14.9 Å². The number of carboxylic acid groups (broad SMARTS) is 1. The number of aliphatic carboxylic acids is 1. The van der Waals surface area contributed by atoms with Crippen LogP contribution in [0.5, 0.6) is 0 Å². The Morgan fingerprint density at radius 2 is 2.39 bits per heavy atom. The van der Waals surface area contributed by atoms with Gasteiger partial charge in [-0.1, -0.05) is 5.16 Å². The van der Waals surface area contributed by atoms with Crippen LogP contribution in [0.1, 0.15) is 30.5 Å². The average Bonchev–Trinajstić information content (AvgIpc) is 3.11. The van der Waals surface area contributed by atoms with Crippen LogP contribution in [0.4, 0.5) is 0 Å². The maximum absolute atomic E-state index is 11.1. The van der Waals surface area contributed by atoms with Gasteiger partial charge in [-0.3, -0.25) is 9.69 Å². The topological polar surface area (TPSA) is 91.5 Å². The Morgan fingerprint density at radius 3 is 3.11 bits per heavy atom. The van der Waals surface area contributed by atoms with Crippen molar-refractivity contribution in [3.63, 3.8) is 0 Å². The number of carboxylic acids is 1. The summed E-state index contributed by atoms with van der Waals surface area (Å²) in [6, 6.07) is -0.518. The third-order valence-electron chi connectivity index (χ3n) is 3.40. The van der Waals surface area contributed by atoms with Crippen LogP contribution in [0.3, 0.4) is 0 Å². The maximum atomic E-state index is 11.1. The summed E-state index contributed by atoms with van der Waals surface area (Å²) in [6.45, 7) is 2.34. The van der Waals surface area contributed by atoms with Crippen molar-refractivity contribution in [2.75, 3.05) is 19.6 Å². The van der Waals surface area contributed by atoms with Crippen molar-refractivity contribution in [2.45, 2.75) is 31.3 Å². The maximum Gasteiger partial charge on any atom is 0.322 e. The Labute approximate surface area is 104 Å². The lowest BCUT2D eigenvalue weighted by Crippen LogP contribution is -2.54. The summed E-state index contributed by atoms with van der Waals surface area (Å²) in [5.74, 6) is 0.932. The van der Waals surface area contributed by atoms with Crippen molar-refractivity contribution in [3.05, 3.63) is 11.7 Å². The Kier molecular flexibility index (Phi) is 3.00. The quantitative estimate of drug-likeness (QED) is 0.767. The molecule has 1 aromatic heterocycles. The predicted octanol–water partition coefficient (Wildman–Crippen LogP) is -0.195. The Balaban J connectivity index is 1.67. The molecular weight excluding hydrogens is 236 g/mol. The lowest BCUT2D eigenvalue weighted by atomic mass is 10.2. The third kappa shape index (κ3) is 2.37. The smallest absolute Gasteiger partial charge is 0.322 e. The molecule has 2 aliphatic rings. The SMILES string of the molecule is O=C(O)C1CNCCN1Cc1nc(C2CC2)no1. The van der Waals surface area contributed by atoms with Gasteiger partial charge in [0.25, 0.3) is 0 Å². The number of nitrogens with zero attached hydrogens (tertiary/aromatic N) is 3. The molecule has 0 amide bonds. The van der Waals surface area contributed by atoms with E-state index in [1.807, 2.05) is 4.90 Å². The molecule has 7 nitrogen and oxygen atoms in total. The molecule has 18 heavy (non-hydrogen) atoms. The highest BCUT2D eigenvalue weighted by atomic mass is 16.5. The molecule has 1 aromatic rings. The molecule has 2 N–H and O–H groups in total. The lowest BCUT2D eigenvalue weighted by molar-refractivity contribution is -0.144. The van der Waals surface area contributed by atoms with Gasteiger partial charge in [0.15, 0.2) is 5.82 Å². The van der Waals surface area contributed by atoms with Crippen LogP contribution in [-0.4, -0.2) is 51.8 Å². The molecule has 2 heterocycles. The third-order valence-corrected chi connectivity index (χ3v) is 3.40. The van der Waals surface area contributed by atoms with Gasteiger partial charge in [0.1, 0.15) is 6.04 Å². The zero-order valence-corrected chi connectivity index (χ0v) is 10.0. The monoisotopic (exact) mass is 252 g/mol. The standard InChI is InChI=1S/C11H16N4O3/c16-11(17)8-5-12-3-4-15(8)6-9-13-10(14-18-9)7-1-2-7/h7-8,12H,1-6H2,(H,16,17). The highest BCUT2D eigenvalue weighted by Gasteiger charge is 2.32. The van der Waals surface area contributed by atoms with Crippen LogP contribution < -0.4 is 5.32 Å². The number of hydrogen-bond acceptors (Lipinski definition) is 6. The summed E-state index contributed by atoms with van der Waals surface area (Å²) in [6.07, 6.45) is 2.26. The van der Waals surface area contributed by atoms with E-state index in [9.17, 15) is 4.79 Å². The zero-order chi connectivity index (χ0) is 12.5. The van der Waals surface area contributed by atoms with E-state index < -0.39 is 12.0 Å². The second kappa shape index (κ2) is 4.66. The molecule has 7 heteroatoms. The second-order valence-electron chi connectivity index (χ2n) is 4.85. The number of carbonyl (C=O) groups is 1. The molecule has 1 aliphatic carbocycles. The number of rotatable bonds is 4. The highest BCUT2D eigenvalue weighted by Crippen LogP contribution is 2.38. The Morgan fingerprint density at radius 1 is 1.56 bits per heavy atom. The van der Waals surface area contributed by atoms with Crippen LogP contribution in [0.15, 0.2) is 4.52 Å². The number of hydrogen-bond donors (Lipinski definition) is 2. The minimum Gasteiger partial charge on any atom is -0.480 e. The normalized spacial score (nSPS) is 25.2. The zero-order valence-electron chi connectivity index (χ0n) is 10.0. The molecule has 0 bridgehead atoms. The summed E-state index contributed by atoms with van der Waals surface area (Å²) >= 11 is 0. The van der Waals surface area contributed by atoms with Crippen LogP contribution in [0.25, 0.3) is 0 Å². The van der Waals surface area contributed by atoms with Crippen molar-refractivity contribution in [3.8, 4) is 0 Å². The predicted molar refractivity (Wildman–Crippen MR) is 61.0 cm³/mol. The summed E-state index contributed by atoms with van der Waals surface area (Å²) in [4.78, 5) is 17.3. The minimum absolute atomic E-state index is 0.415. The molecule has 1 aliphatic heterocycles. The first-order valence-corrected chi connectivity index (χ1v) is 6.24. The van der Waals surface area contributed by atoms with E-state index in [1.54, 1.807) is 0 Å². The minimum atomic E-state index is -0.816. The second-order valence-corrected chi connectivity index (χ2v) is 4.85. The van der Waals surface area contributed by atoms with Gasteiger partial charge in [0.2, 0.25) is 5.89 Å². The van der Waals surface area contributed by atoms with Gasteiger partial charge in [-0.2, -0.15) is 4.98 Å². The van der Waals surface area contributed by atoms with E-state index >= 15 is 0 Å². The summed E-state index contributed by atoms with van der Waals surface area (Å²) < 4.78 is 5.18. The van der Waals surface area contributed by atoms with Gasteiger partial charge in [-0.15, -0.1) is 0 Å². The molecule has 2 fully saturated rings. The van der Waals surface area contributed by atoms with E-state index in [4.69, 9.17) is 9.63 Å². The summed E-state index contributed by atoms with van der Waals surface area (Å²) in [7, 11) is 0. The van der Waals surface area contributed by atoms with E-state index in [-0.39, 0.29) is 0 Å². The number of nitrogens with one attached hydrogen (secondary N) is 1. The summed E-state index contributed by atoms with van der Waals surface area (Å²) in [5, 5.41) is 16.2. The highest BCUT2D eigenvalue weighted by molar-refractivity contribution is 5.73. The van der Waals surface area contributed by atoms with E-state index in [2.05, 4.69) is 15.5 Å². The average molecular weight is 252 g/mol. The van der Waals surface area contributed by atoms with Gasteiger partial charge >= 0.3 is 5.97 Å². The largest absolute Gasteiger partial charge is 0.480 e. The Hall–Kier alpha value is -1.47. The van der Waals surface area contributed by atoms with E-state index in [1.165, 1.54) is 0 Å². The number of aromatic nitrogens is 2. The molecule has 1 saturated heterocycles. The van der Waals surface area contributed by atoms with Crippen LogP contribution in [-0.2, 0) is 11.3 Å². The fourth-order valence-electron chi connectivity index (χ4n) is 2.19. The van der Waals surface area contributed by atoms with Crippen molar-refractivity contribution in [1.29, 1.82) is 0 Å². The van der Waals surface area contributed by atoms with Crippen molar-refractivity contribution < 1.29 is 14.4 Å². The van der Waals surface area contributed by atoms with Crippen molar-refractivity contribution in [2.24, 2.45) is 0 Å². The molecule has 98 valence electrons. The molecule has 0 aromatic carbocycles. The Bertz CT molecular complexity index is 443. The van der Waals surface area contributed by atoms with Crippen LogP contribution in [0, 0.1) is 0 Å². The molecule has 1 atom stereocenters. The van der Waals surface area contributed by atoms with Crippen molar-refractivity contribution in [1.82, 2.24) is 20.4 Å². The van der Waals surface area contributed by atoms with Gasteiger partial charge in [0.05, 0.1) is 6.54 Å². The van der Waals surface area contributed by atoms with Gasteiger partial charge in [-0.25, -0.2) is 0 Å². The van der Waals surface area contributed by atoms with Gasteiger partial charge in [0, 0.05) is 25.6 Å². The fourth-order valence-corrected chi connectivity index (χ4v) is 2.19. The first-order valence-electron chi connectivity index (χ1n) is 6.24. The molecule has 1 saturated carbocycles. The molecule has 0 radical (unpaired) electrons. The first kappa shape index (κ1) is 11.6. The molecule has 3 rings (SSSR count). The van der Waals surface area contributed by atoms with E-state index in [0.717, 1.165) is 25.2 Å². The molecule has 1 unspecified atom stereocenters. The van der Waals surface area contributed by atoms with E-state index in [0.29, 0.717) is 31.4 Å². The van der Waals surface area contributed by atoms with Gasteiger partial charge in [-0.05, 0) is 12.8 Å².